The average molecular weight is 383 g/mol. The number of hydrogen-bond donors (Lipinski definition) is 1. The van der Waals surface area contributed by atoms with E-state index in [4.69, 9.17) is 14.0 Å². The molecule has 1 aromatic carbocycles. The molecular formula is C19H21N5O4. The molecule has 1 aliphatic rings. The van der Waals surface area contributed by atoms with Gasteiger partial charge in [-0.2, -0.15) is 10.1 Å². The lowest BCUT2D eigenvalue weighted by atomic mass is 10.1. The fraction of sp³-hybridized carbons (Fsp3) is 0.368. The third kappa shape index (κ3) is 3.67. The maximum absolute atomic E-state index is 13.1. The zero-order valence-corrected chi connectivity index (χ0v) is 15.7. The molecule has 9 nitrogen and oxygen atoms in total. The number of benzene rings is 1. The van der Waals surface area contributed by atoms with Gasteiger partial charge in [0.1, 0.15) is 18.3 Å². The van der Waals surface area contributed by atoms with Gasteiger partial charge < -0.3 is 18.9 Å². The minimum Gasteiger partial charge on any atom is -0.377 e. The fourth-order valence-electron chi connectivity index (χ4n) is 3.10. The van der Waals surface area contributed by atoms with Crippen LogP contribution in [0.3, 0.4) is 0 Å². The van der Waals surface area contributed by atoms with Crippen LogP contribution in [0.4, 0.5) is 0 Å². The number of aryl methyl sites for hydroxylation is 1. The molecule has 1 amide bonds. The van der Waals surface area contributed by atoms with Crippen LogP contribution in [0.15, 0.2) is 34.9 Å². The number of nitrogens with one attached hydrogen (secondary N) is 1. The van der Waals surface area contributed by atoms with E-state index in [0.29, 0.717) is 37.2 Å². The molecule has 1 fully saturated rings. The number of hydrogen-bond acceptors (Lipinski definition) is 7. The summed E-state index contributed by atoms with van der Waals surface area (Å²) in [6, 6.07) is 9.31. The monoisotopic (exact) mass is 383 g/mol. The SMILES string of the molecule is COCc1nc(C2COCCN2C(=O)c2cc(-c3ccc(C)cc3)n[nH]2)no1. The van der Waals surface area contributed by atoms with Crippen LogP contribution in [0, 0.1) is 6.92 Å². The lowest BCUT2D eigenvalue weighted by molar-refractivity contribution is -0.00607. The van der Waals surface area contributed by atoms with Crippen molar-refractivity contribution in [2.24, 2.45) is 0 Å². The number of amides is 1. The Labute approximate surface area is 161 Å². The number of methoxy groups -OCH3 is 1. The highest BCUT2D eigenvalue weighted by molar-refractivity contribution is 5.93. The molecule has 28 heavy (non-hydrogen) atoms. The molecule has 2 aromatic heterocycles. The Kier molecular flexibility index (Phi) is 5.18. The van der Waals surface area contributed by atoms with Gasteiger partial charge in [0, 0.05) is 19.2 Å². The summed E-state index contributed by atoms with van der Waals surface area (Å²) in [5, 5.41) is 11.1. The third-order valence-electron chi connectivity index (χ3n) is 4.59. The minimum absolute atomic E-state index is 0.183. The van der Waals surface area contributed by atoms with Crippen LogP contribution < -0.4 is 0 Å². The van der Waals surface area contributed by atoms with Gasteiger partial charge in [-0.25, -0.2) is 0 Å². The predicted molar refractivity (Wildman–Crippen MR) is 98.4 cm³/mol. The van der Waals surface area contributed by atoms with Crippen LogP contribution >= 0.6 is 0 Å². The van der Waals surface area contributed by atoms with Gasteiger partial charge in [-0.15, -0.1) is 0 Å². The van der Waals surface area contributed by atoms with Crippen LogP contribution in [0.5, 0.6) is 0 Å². The van der Waals surface area contributed by atoms with Crippen LogP contribution in [0.1, 0.15) is 33.8 Å². The van der Waals surface area contributed by atoms with Gasteiger partial charge in [0.05, 0.1) is 18.9 Å². The number of ether oxygens (including phenoxy) is 2. The number of H-pyrrole nitrogens is 1. The zero-order valence-electron chi connectivity index (χ0n) is 15.7. The van der Waals surface area contributed by atoms with Crippen molar-refractivity contribution in [1.29, 1.82) is 0 Å². The summed E-state index contributed by atoms with van der Waals surface area (Å²) in [6.07, 6.45) is 0. The molecule has 1 atom stereocenters. The molecule has 1 unspecified atom stereocenters. The number of carbonyl (C=O) groups excluding carboxylic acids is 1. The molecule has 0 bridgehead atoms. The Balaban J connectivity index is 1.56. The van der Waals surface area contributed by atoms with Gasteiger partial charge in [0.2, 0.25) is 0 Å². The number of nitrogens with zero attached hydrogens (tertiary/aromatic N) is 4. The molecule has 0 saturated carbocycles. The molecule has 3 heterocycles. The number of aromatic amines is 1. The van der Waals surface area contributed by atoms with E-state index in [1.807, 2.05) is 31.2 Å². The highest BCUT2D eigenvalue weighted by Gasteiger charge is 2.33. The van der Waals surface area contributed by atoms with Crippen molar-refractivity contribution in [3.8, 4) is 11.3 Å². The normalized spacial score (nSPS) is 17.1. The molecular weight excluding hydrogens is 362 g/mol. The molecule has 9 heteroatoms. The van der Waals surface area contributed by atoms with E-state index in [9.17, 15) is 4.79 Å². The van der Waals surface area contributed by atoms with Crippen LogP contribution in [0.25, 0.3) is 11.3 Å². The summed E-state index contributed by atoms with van der Waals surface area (Å²) in [5.74, 6) is 0.578. The number of morpholine rings is 1. The first-order valence-corrected chi connectivity index (χ1v) is 8.98. The Morgan fingerprint density at radius 3 is 2.96 bits per heavy atom. The maximum Gasteiger partial charge on any atom is 0.272 e. The first-order chi connectivity index (χ1) is 13.7. The van der Waals surface area contributed by atoms with Crippen molar-refractivity contribution in [1.82, 2.24) is 25.2 Å². The largest absolute Gasteiger partial charge is 0.377 e. The highest BCUT2D eigenvalue weighted by Crippen LogP contribution is 2.25. The first-order valence-electron chi connectivity index (χ1n) is 8.98. The van der Waals surface area contributed by atoms with Crippen LogP contribution in [0.2, 0.25) is 0 Å². The Bertz CT molecular complexity index is 949. The van der Waals surface area contributed by atoms with E-state index in [0.717, 1.165) is 11.3 Å². The molecule has 0 aliphatic carbocycles. The second-order valence-corrected chi connectivity index (χ2v) is 6.60. The fourth-order valence-corrected chi connectivity index (χ4v) is 3.10. The summed E-state index contributed by atoms with van der Waals surface area (Å²) < 4.78 is 15.7. The number of carbonyl (C=O) groups is 1. The topological polar surface area (TPSA) is 106 Å². The maximum atomic E-state index is 13.1. The second kappa shape index (κ2) is 7.91. The standard InChI is InChI=1S/C19H21N5O4/c1-12-3-5-13(6-4-12)14-9-15(22-21-14)19(25)24-7-8-27-10-16(24)18-20-17(11-26-2)28-23-18/h3-6,9,16H,7-8,10-11H2,1-2H3,(H,21,22). The smallest absolute Gasteiger partial charge is 0.272 e. The van der Waals surface area contributed by atoms with E-state index >= 15 is 0 Å². The summed E-state index contributed by atoms with van der Waals surface area (Å²) in [6.45, 7) is 3.42. The van der Waals surface area contributed by atoms with Crippen molar-refractivity contribution in [2.45, 2.75) is 19.6 Å². The van der Waals surface area contributed by atoms with E-state index < -0.39 is 6.04 Å². The Morgan fingerprint density at radius 2 is 2.18 bits per heavy atom. The van der Waals surface area contributed by atoms with Gasteiger partial charge in [0.15, 0.2) is 5.82 Å². The van der Waals surface area contributed by atoms with E-state index in [-0.39, 0.29) is 12.5 Å². The van der Waals surface area contributed by atoms with Crippen LogP contribution in [-0.4, -0.2) is 58.0 Å². The van der Waals surface area contributed by atoms with E-state index in [2.05, 4.69) is 20.3 Å². The highest BCUT2D eigenvalue weighted by atomic mass is 16.5. The number of aromatic nitrogens is 4. The van der Waals surface area contributed by atoms with Gasteiger partial charge in [-0.05, 0) is 13.0 Å². The molecule has 0 radical (unpaired) electrons. The lowest BCUT2D eigenvalue weighted by Crippen LogP contribution is -2.44. The summed E-state index contributed by atoms with van der Waals surface area (Å²) in [5.41, 5.74) is 3.24. The first kappa shape index (κ1) is 18.3. The van der Waals surface area contributed by atoms with Crippen molar-refractivity contribution in [2.75, 3.05) is 26.9 Å². The van der Waals surface area contributed by atoms with Crippen molar-refractivity contribution < 1.29 is 18.8 Å². The zero-order chi connectivity index (χ0) is 19.5. The van der Waals surface area contributed by atoms with Gasteiger partial charge in [-0.1, -0.05) is 35.0 Å². The van der Waals surface area contributed by atoms with Crippen molar-refractivity contribution >= 4 is 5.91 Å². The van der Waals surface area contributed by atoms with Gasteiger partial charge >= 0.3 is 0 Å². The molecule has 3 aromatic rings. The molecule has 0 spiro atoms. The second-order valence-electron chi connectivity index (χ2n) is 6.60. The molecule has 146 valence electrons. The molecule has 4 rings (SSSR count). The van der Waals surface area contributed by atoms with E-state index in [1.165, 1.54) is 5.56 Å². The molecule has 1 saturated heterocycles. The molecule has 1 aliphatic heterocycles. The number of rotatable bonds is 5. The minimum atomic E-state index is -0.429. The van der Waals surface area contributed by atoms with Gasteiger partial charge in [0.25, 0.3) is 11.8 Å². The summed E-state index contributed by atoms with van der Waals surface area (Å²) in [7, 11) is 1.55. The van der Waals surface area contributed by atoms with Crippen molar-refractivity contribution in [3.63, 3.8) is 0 Å². The average Bonchev–Trinajstić information content (AvgIpc) is 3.38. The summed E-state index contributed by atoms with van der Waals surface area (Å²) >= 11 is 0. The molecule has 1 N–H and O–H groups in total. The van der Waals surface area contributed by atoms with E-state index in [1.54, 1.807) is 18.1 Å². The Hall–Kier alpha value is -3.04. The third-order valence-corrected chi connectivity index (χ3v) is 4.59. The van der Waals surface area contributed by atoms with Crippen molar-refractivity contribution in [3.05, 3.63) is 53.3 Å². The quantitative estimate of drug-likeness (QED) is 0.719. The van der Waals surface area contributed by atoms with Gasteiger partial charge in [-0.3, -0.25) is 9.89 Å². The van der Waals surface area contributed by atoms with Crippen LogP contribution in [-0.2, 0) is 16.1 Å². The lowest BCUT2D eigenvalue weighted by Gasteiger charge is -2.33. The summed E-state index contributed by atoms with van der Waals surface area (Å²) in [4.78, 5) is 19.1. The predicted octanol–water partition coefficient (Wildman–Crippen LogP) is 2.13. The Morgan fingerprint density at radius 1 is 1.36 bits per heavy atom.